The third kappa shape index (κ3) is 3.05. The molecule has 1 aromatic rings. The first-order valence-electron chi connectivity index (χ1n) is 6.29. The van der Waals surface area contributed by atoms with Crippen molar-refractivity contribution in [1.82, 2.24) is 4.31 Å². The first kappa shape index (κ1) is 16.2. The highest BCUT2D eigenvalue weighted by atomic mass is 35.5. The van der Waals surface area contributed by atoms with Gasteiger partial charge in [-0.05, 0) is 24.6 Å². The number of hydrogen-bond acceptors (Lipinski definition) is 5. The molecule has 1 heterocycles. The van der Waals surface area contributed by atoms with Crippen LogP contribution in [-0.2, 0) is 14.8 Å². The van der Waals surface area contributed by atoms with Gasteiger partial charge in [-0.2, -0.15) is 9.57 Å². The van der Waals surface area contributed by atoms with Crippen LogP contribution in [0.3, 0.4) is 0 Å². The fraction of sp³-hybridized carbons (Fsp3) is 0.462. The van der Waals surface area contributed by atoms with E-state index in [0.29, 0.717) is 6.42 Å². The Labute approximate surface area is 128 Å². The van der Waals surface area contributed by atoms with Crippen molar-refractivity contribution in [2.24, 2.45) is 0 Å². The van der Waals surface area contributed by atoms with E-state index in [2.05, 4.69) is 0 Å². The van der Waals surface area contributed by atoms with Crippen LogP contribution in [0.1, 0.15) is 12.0 Å². The molecule has 0 saturated carbocycles. The third-order valence-electron chi connectivity index (χ3n) is 3.53. The first-order chi connectivity index (χ1) is 9.93. The van der Waals surface area contributed by atoms with Gasteiger partial charge in [-0.1, -0.05) is 11.6 Å². The molecule has 1 aliphatic rings. The van der Waals surface area contributed by atoms with Crippen molar-refractivity contribution in [2.45, 2.75) is 23.5 Å². The Morgan fingerprint density at radius 1 is 1.57 bits per heavy atom. The molecule has 6 nitrogen and oxygen atoms in total. The van der Waals surface area contributed by atoms with E-state index in [1.807, 2.05) is 6.07 Å². The molecule has 0 amide bonds. The predicted octanol–water partition coefficient (Wildman–Crippen LogP) is 0.982. The van der Waals surface area contributed by atoms with E-state index < -0.39 is 16.1 Å². The molecule has 1 aliphatic heterocycles. The minimum Gasteiger partial charge on any atom is -0.395 e. The number of sulfonamides is 1. The van der Waals surface area contributed by atoms with E-state index in [1.54, 1.807) is 0 Å². The van der Waals surface area contributed by atoms with E-state index in [0.717, 1.165) is 0 Å². The van der Waals surface area contributed by atoms with Crippen LogP contribution in [0.2, 0.25) is 5.02 Å². The van der Waals surface area contributed by atoms with Gasteiger partial charge < -0.3 is 9.84 Å². The molecular formula is C13H15ClN2O4S. The number of aliphatic hydroxyl groups is 1. The van der Waals surface area contributed by atoms with Crippen LogP contribution in [0.4, 0.5) is 0 Å². The maximum absolute atomic E-state index is 12.7. The van der Waals surface area contributed by atoms with E-state index >= 15 is 0 Å². The maximum atomic E-state index is 12.7. The molecule has 2 atom stereocenters. The van der Waals surface area contributed by atoms with Crippen LogP contribution in [0, 0.1) is 11.3 Å². The zero-order valence-corrected chi connectivity index (χ0v) is 12.9. The molecule has 1 saturated heterocycles. The summed E-state index contributed by atoms with van der Waals surface area (Å²) < 4.78 is 31.7. The Balaban J connectivity index is 2.40. The molecule has 1 fully saturated rings. The summed E-state index contributed by atoms with van der Waals surface area (Å²) in [5.41, 5.74) is 0.0979. The fourth-order valence-electron chi connectivity index (χ4n) is 2.36. The molecule has 0 spiro atoms. The number of nitriles is 1. The number of benzene rings is 1. The standard InChI is InChI=1S/C13H15ClN2O4S/c1-20-11-5-10(8-17)16(7-11)21(18,19)12-2-3-13(14)9(4-12)6-15/h2-4,10-11,17H,5,7-8H2,1H3/t10-,11+/m0/s1. The van der Waals surface area contributed by atoms with Crippen LogP contribution >= 0.6 is 11.6 Å². The molecule has 0 bridgehead atoms. The van der Waals surface area contributed by atoms with Gasteiger partial charge in [0.2, 0.25) is 10.0 Å². The van der Waals surface area contributed by atoms with Crippen LogP contribution in [-0.4, -0.2) is 50.2 Å². The minimum absolute atomic E-state index is 0.0151. The fourth-order valence-corrected chi connectivity index (χ4v) is 4.21. The summed E-state index contributed by atoms with van der Waals surface area (Å²) in [4.78, 5) is -0.0151. The van der Waals surface area contributed by atoms with Crippen molar-refractivity contribution >= 4 is 21.6 Å². The van der Waals surface area contributed by atoms with Gasteiger partial charge in [-0.25, -0.2) is 8.42 Å². The number of ether oxygens (including phenoxy) is 1. The Kier molecular flexibility index (Phi) is 4.86. The van der Waals surface area contributed by atoms with Crippen molar-refractivity contribution in [3.8, 4) is 6.07 Å². The molecule has 0 aromatic heterocycles. The summed E-state index contributed by atoms with van der Waals surface area (Å²) in [7, 11) is -2.30. The van der Waals surface area contributed by atoms with Gasteiger partial charge in [-0.15, -0.1) is 0 Å². The van der Waals surface area contributed by atoms with E-state index in [9.17, 15) is 13.5 Å². The molecule has 1 N–H and O–H groups in total. The average molecular weight is 331 g/mol. The number of rotatable bonds is 4. The summed E-state index contributed by atoms with van der Waals surface area (Å²) in [6.45, 7) is -0.105. The Morgan fingerprint density at radius 3 is 2.86 bits per heavy atom. The number of methoxy groups -OCH3 is 1. The SMILES string of the molecule is CO[C@@H]1C[C@@H](CO)N(S(=O)(=O)c2ccc(Cl)c(C#N)c2)C1. The summed E-state index contributed by atoms with van der Waals surface area (Å²) >= 11 is 5.82. The lowest BCUT2D eigenvalue weighted by Crippen LogP contribution is -2.38. The monoisotopic (exact) mass is 330 g/mol. The molecule has 0 radical (unpaired) electrons. The van der Waals surface area contributed by atoms with Gasteiger partial charge in [0.1, 0.15) is 6.07 Å². The minimum atomic E-state index is -3.81. The van der Waals surface area contributed by atoms with Gasteiger partial charge in [0.15, 0.2) is 0 Å². The second-order valence-electron chi connectivity index (χ2n) is 4.76. The molecule has 114 valence electrons. The lowest BCUT2D eigenvalue weighted by atomic mass is 10.2. The van der Waals surface area contributed by atoms with Crippen molar-refractivity contribution in [2.75, 3.05) is 20.3 Å². The van der Waals surface area contributed by atoms with Crippen LogP contribution in [0.5, 0.6) is 0 Å². The second-order valence-corrected chi connectivity index (χ2v) is 7.06. The highest BCUT2D eigenvalue weighted by molar-refractivity contribution is 7.89. The first-order valence-corrected chi connectivity index (χ1v) is 8.11. The lowest BCUT2D eigenvalue weighted by molar-refractivity contribution is 0.113. The van der Waals surface area contributed by atoms with E-state index in [4.69, 9.17) is 21.6 Å². The normalized spacial score (nSPS) is 23.1. The Bertz CT molecular complexity index is 671. The zero-order valence-electron chi connectivity index (χ0n) is 11.4. The third-order valence-corrected chi connectivity index (χ3v) is 5.78. The number of hydrogen-bond donors (Lipinski definition) is 1. The summed E-state index contributed by atoms with van der Waals surface area (Å²) in [5.74, 6) is 0. The molecule has 2 rings (SSSR count). The van der Waals surface area contributed by atoms with Crippen molar-refractivity contribution in [3.05, 3.63) is 28.8 Å². The second kappa shape index (κ2) is 6.30. The van der Waals surface area contributed by atoms with Crippen LogP contribution < -0.4 is 0 Å². The van der Waals surface area contributed by atoms with Crippen LogP contribution in [0.25, 0.3) is 0 Å². The van der Waals surface area contributed by atoms with Gasteiger partial charge in [0.05, 0.1) is 34.2 Å². The highest BCUT2D eigenvalue weighted by Gasteiger charge is 2.40. The lowest BCUT2D eigenvalue weighted by Gasteiger charge is -2.22. The highest BCUT2D eigenvalue weighted by Crippen LogP contribution is 2.29. The zero-order chi connectivity index (χ0) is 15.6. The van der Waals surface area contributed by atoms with Crippen molar-refractivity contribution in [1.29, 1.82) is 5.26 Å². The average Bonchev–Trinajstić information content (AvgIpc) is 2.91. The van der Waals surface area contributed by atoms with Crippen molar-refractivity contribution in [3.63, 3.8) is 0 Å². The maximum Gasteiger partial charge on any atom is 0.243 e. The number of nitrogens with zero attached hydrogens (tertiary/aromatic N) is 2. The smallest absolute Gasteiger partial charge is 0.243 e. The largest absolute Gasteiger partial charge is 0.395 e. The summed E-state index contributed by atoms with van der Waals surface area (Å²) in [6, 6.07) is 5.30. The summed E-state index contributed by atoms with van der Waals surface area (Å²) in [5, 5.41) is 18.5. The van der Waals surface area contributed by atoms with E-state index in [1.165, 1.54) is 29.6 Å². The molecule has 0 unspecified atom stereocenters. The molecule has 1 aromatic carbocycles. The Morgan fingerprint density at radius 2 is 2.29 bits per heavy atom. The van der Waals surface area contributed by atoms with Gasteiger partial charge in [0, 0.05) is 13.7 Å². The number of aliphatic hydroxyl groups excluding tert-OH is 1. The van der Waals surface area contributed by atoms with Gasteiger partial charge >= 0.3 is 0 Å². The van der Waals surface area contributed by atoms with Crippen LogP contribution in [0.15, 0.2) is 23.1 Å². The van der Waals surface area contributed by atoms with Crippen molar-refractivity contribution < 1.29 is 18.3 Å². The molecule has 8 heteroatoms. The summed E-state index contributed by atoms with van der Waals surface area (Å²) in [6.07, 6.45) is 0.185. The van der Waals surface area contributed by atoms with E-state index in [-0.39, 0.29) is 34.7 Å². The Hall–Kier alpha value is -1.17. The quantitative estimate of drug-likeness (QED) is 0.888. The van der Waals surface area contributed by atoms with Gasteiger partial charge in [0.25, 0.3) is 0 Å². The molecule has 0 aliphatic carbocycles. The number of halogens is 1. The predicted molar refractivity (Wildman–Crippen MR) is 76.3 cm³/mol. The van der Waals surface area contributed by atoms with Gasteiger partial charge in [-0.3, -0.25) is 0 Å². The topological polar surface area (TPSA) is 90.6 Å². The molecule has 21 heavy (non-hydrogen) atoms. The molecular weight excluding hydrogens is 316 g/mol.